The number of piperazine rings is 1. The fraction of sp³-hybridized carbons (Fsp3) is 0.250. The van der Waals surface area contributed by atoms with Gasteiger partial charge in [-0.05, 0) is 24.3 Å². The summed E-state index contributed by atoms with van der Waals surface area (Å²) in [6, 6.07) is 11.6. The molecule has 0 atom stereocenters. The highest BCUT2D eigenvalue weighted by Gasteiger charge is 2.23. The molecule has 3 aromatic heterocycles. The highest BCUT2D eigenvalue weighted by molar-refractivity contribution is 5.93. The van der Waals surface area contributed by atoms with Crippen LogP contribution in [0, 0.1) is 0 Å². The van der Waals surface area contributed by atoms with Gasteiger partial charge in [-0.1, -0.05) is 12.1 Å². The minimum Gasteiger partial charge on any atom is -0.353 e. The van der Waals surface area contributed by atoms with Crippen molar-refractivity contribution in [3.8, 4) is 0 Å². The third kappa shape index (κ3) is 4.22. The average Bonchev–Trinajstić information content (AvgIpc) is 2.79. The molecule has 0 unspecified atom stereocenters. The Morgan fingerprint density at radius 1 is 0.893 bits per heavy atom. The smallest absolute Gasteiger partial charge is 0.257 e. The summed E-state index contributed by atoms with van der Waals surface area (Å²) in [5, 5.41) is 3.11. The Kier molecular flexibility index (Phi) is 5.37. The van der Waals surface area contributed by atoms with Crippen molar-refractivity contribution < 1.29 is 4.79 Å². The summed E-state index contributed by atoms with van der Waals surface area (Å²) in [6.45, 7) is 3.34. The normalized spacial score (nSPS) is 14.0. The molecule has 1 N–H and O–H groups in total. The van der Waals surface area contributed by atoms with Crippen LogP contribution in [0.25, 0.3) is 0 Å². The molecule has 0 aromatic carbocycles. The first-order chi connectivity index (χ1) is 13.8. The summed E-state index contributed by atoms with van der Waals surface area (Å²) in [5.74, 6) is 1.38. The molecule has 142 valence electrons. The lowest BCUT2D eigenvalue weighted by molar-refractivity contribution is 0.0745. The molecule has 0 aliphatic carbocycles. The highest BCUT2D eigenvalue weighted by Crippen LogP contribution is 2.14. The topological polar surface area (TPSA) is 87.1 Å². The van der Waals surface area contributed by atoms with Crippen LogP contribution in [-0.2, 0) is 6.54 Å². The molecule has 0 radical (unpaired) electrons. The van der Waals surface area contributed by atoms with Gasteiger partial charge in [-0.3, -0.25) is 9.78 Å². The summed E-state index contributed by atoms with van der Waals surface area (Å²) < 4.78 is 0. The Morgan fingerprint density at radius 2 is 1.61 bits per heavy atom. The van der Waals surface area contributed by atoms with Crippen LogP contribution in [0.5, 0.6) is 0 Å². The summed E-state index contributed by atoms with van der Waals surface area (Å²) in [6.07, 6.45) is 6.67. The van der Waals surface area contributed by atoms with E-state index in [9.17, 15) is 4.79 Å². The molecule has 0 bridgehead atoms. The number of hydrogen-bond donors (Lipinski definition) is 1. The predicted octanol–water partition coefficient (Wildman–Crippen LogP) is 1.84. The summed E-state index contributed by atoms with van der Waals surface area (Å²) >= 11 is 0. The van der Waals surface area contributed by atoms with Gasteiger partial charge in [-0.2, -0.15) is 0 Å². The average molecular weight is 375 g/mol. The standard InChI is InChI=1S/C20H21N7O/c28-19(27-11-9-26(10-12-27)18-6-2-4-8-22-18)16-13-23-20(24-14-16)25-15-17-5-1-3-7-21-17/h1-8,13-14H,9-12,15H2,(H,23,24,25). The maximum atomic E-state index is 12.7. The van der Waals surface area contributed by atoms with E-state index < -0.39 is 0 Å². The van der Waals surface area contributed by atoms with Crippen LogP contribution in [0.2, 0.25) is 0 Å². The molecule has 28 heavy (non-hydrogen) atoms. The van der Waals surface area contributed by atoms with Gasteiger partial charge < -0.3 is 15.1 Å². The lowest BCUT2D eigenvalue weighted by Crippen LogP contribution is -2.49. The van der Waals surface area contributed by atoms with E-state index in [1.807, 2.05) is 41.3 Å². The highest BCUT2D eigenvalue weighted by atomic mass is 16.2. The predicted molar refractivity (Wildman–Crippen MR) is 106 cm³/mol. The summed E-state index contributed by atoms with van der Waals surface area (Å²) in [4.78, 5) is 33.9. The van der Waals surface area contributed by atoms with Crippen LogP contribution in [0.15, 0.2) is 61.2 Å². The van der Waals surface area contributed by atoms with Crippen LogP contribution in [0.3, 0.4) is 0 Å². The Balaban J connectivity index is 1.31. The van der Waals surface area contributed by atoms with Crippen molar-refractivity contribution in [3.05, 3.63) is 72.4 Å². The molecule has 1 aliphatic rings. The number of carbonyl (C=O) groups excluding carboxylic acids is 1. The molecule has 1 fully saturated rings. The molecule has 4 rings (SSSR count). The van der Waals surface area contributed by atoms with E-state index >= 15 is 0 Å². The second kappa shape index (κ2) is 8.43. The Morgan fingerprint density at radius 3 is 2.25 bits per heavy atom. The Bertz CT molecular complexity index is 895. The maximum Gasteiger partial charge on any atom is 0.257 e. The third-order valence-electron chi connectivity index (χ3n) is 4.59. The van der Waals surface area contributed by atoms with E-state index in [0.717, 1.165) is 24.6 Å². The number of amides is 1. The fourth-order valence-corrected chi connectivity index (χ4v) is 3.06. The molecule has 3 aromatic rings. The number of nitrogens with one attached hydrogen (secondary N) is 1. The van der Waals surface area contributed by atoms with Crippen LogP contribution in [-0.4, -0.2) is 56.9 Å². The van der Waals surface area contributed by atoms with Crippen molar-refractivity contribution in [2.75, 3.05) is 36.4 Å². The molecule has 8 nitrogen and oxygen atoms in total. The van der Waals surface area contributed by atoms with E-state index in [0.29, 0.717) is 31.1 Å². The van der Waals surface area contributed by atoms with Gasteiger partial charge in [0, 0.05) is 51.0 Å². The van der Waals surface area contributed by atoms with Gasteiger partial charge in [-0.15, -0.1) is 0 Å². The minimum atomic E-state index is -0.0445. The second-order valence-corrected chi connectivity index (χ2v) is 6.44. The van der Waals surface area contributed by atoms with E-state index in [1.54, 1.807) is 24.8 Å². The first-order valence-corrected chi connectivity index (χ1v) is 9.21. The van der Waals surface area contributed by atoms with Crippen LogP contribution in [0.1, 0.15) is 16.1 Å². The van der Waals surface area contributed by atoms with Crippen molar-refractivity contribution in [2.45, 2.75) is 6.54 Å². The SMILES string of the molecule is O=C(c1cnc(NCc2ccccn2)nc1)N1CCN(c2ccccn2)CC1. The first-order valence-electron chi connectivity index (χ1n) is 9.21. The Labute approximate surface area is 163 Å². The van der Waals surface area contributed by atoms with Crippen LogP contribution in [0.4, 0.5) is 11.8 Å². The lowest BCUT2D eigenvalue weighted by atomic mass is 10.2. The maximum absolute atomic E-state index is 12.7. The van der Waals surface area contributed by atoms with Crippen LogP contribution < -0.4 is 10.2 Å². The molecule has 1 aliphatic heterocycles. The van der Waals surface area contributed by atoms with Crippen molar-refractivity contribution in [1.82, 2.24) is 24.8 Å². The van der Waals surface area contributed by atoms with Gasteiger partial charge in [0.1, 0.15) is 5.82 Å². The molecule has 0 saturated carbocycles. The van der Waals surface area contributed by atoms with E-state index in [-0.39, 0.29) is 5.91 Å². The minimum absolute atomic E-state index is 0.0445. The van der Waals surface area contributed by atoms with Crippen molar-refractivity contribution in [3.63, 3.8) is 0 Å². The zero-order valence-corrected chi connectivity index (χ0v) is 15.4. The van der Waals surface area contributed by atoms with E-state index in [2.05, 4.69) is 30.2 Å². The quantitative estimate of drug-likeness (QED) is 0.728. The van der Waals surface area contributed by atoms with Crippen LogP contribution >= 0.6 is 0 Å². The lowest BCUT2D eigenvalue weighted by Gasteiger charge is -2.35. The van der Waals surface area contributed by atoms with E-state index in [1.165, 1.54) is 0 Å². The zero-order chi connectivity index (χ0) is 19.2. The van der Waals surface area contributed by atoms with Crippen molar-refractivity contribution in [1.29, 1.82) is 0 Å². The van der Waals surface area contributed by atoms with Crippen molar-refractivity contribution in [2.24, 2.45) is 0 Å². The van der Waals surface area contributed by atoms with Gasteiger partial charge in [0.05, 0.1) is 17.8 Å². The zero-order valence-electron chi connectivity index (χ0n) is 15.4. The molecular formula is C20H21N7O. The van der Waals surface area contributed by atoms with Crippen molar-refractivity contribution >= 4 is 17.7 Å². The molecule has 1 amide bonds. The summed E-state index contributed by atoms with van der Waals surface area (Å²) in [7, 11) is 0. The first kappa shape index (κ1) is 17.8. The number of hydrogen-bond acceptors (Lipinski definition) is 7. The second-order valence-electron chi connectivity index (χ2n) is 6.44. The number of anilines is 2. The number of rotatable bonds is 5. The number of carbonyl (C=O) groups is 1. The number of pyridine rings is 2. The molecular weight excluding hydrogens is 354 g/mol. The monoisotopic (exact) mass is 375 g/mol. The number of aromatic nitrogens is 4. The fourth-order valence-electron chi connectivity index (χ4n) is 3.06. The largest absolute Gasteiger partial charge is 0.353 e. The van der Waals surface area contributed by atoms with Gasteiger partial charge in [-0.25, -0.2) is 15.0 Å². The molecule has 8 heteroatoms. The number of nitrogens with zero attached hydrogens (tertiary/aromatic N) is 6. The van der Waals surface area contributed by atoms with Gasteiger partial charge in [0.2, 0.25) is 5.95 Å². The van der Waals surface area contributed by atoms with E-state index in [4.69, 9.17) is 0 Å². The third-order valence-corrected chi connectivity index (χ3v) is 4.59. The Hall–Kier alpha value is -3.55. The molecule has 4 heterocycles. The van der Waals surface area contributed by atoms with Gasteiger partial charge in [0.15, 0.2) is 0 Å². The molecule has 0 spiro atoms. The molecule has 1 saturated heterocycles. The van der Waals surface area contributed by atoms with Gasteiger partial charge in [0.25, 0.3) is 5.91 Å². The summed E-state index contributed by atoms with van der Waals surface area (Å²) in [5.41, 5.74) is 1.40. The van der Waals surface area contributed by atoms with Gasteiger partial charge >= 0.3 is 0 Å².